The normalized spacial score (nSPS) is 35.5. The summed E-state index contributed by atoms with van der Waals surface area (Å²) >= 11 is 0. The predicted octanol–water partition coefficient (Wildman–Crippen LogP) is 3.72. The van der Waals surface area contributed by atoms with Gasteiger partial charge in [0.05, 0.1) is 0 Å². The summed E-state index contributed by atoms with van der Waals surface area (Å²) in [6.45, 7) is 2.24. The van der Waals surface area contributed by atoms with Crippen LogP contribution in [0.5, 0.6) is 0 Å². The van der Waals surface area contributed by atoms with Crippen molar-refractivity contribution in [2.45, 2.75) is 64.7 Å². The van der Waals surface area contributed by atoms with Crippen molar-refractivity contribution in [1.29, 1.82) is 0 Å². The fourth-order valence-electron chi connectivity index (χ4n) is 3.44. The molecule has 0 saturated heterocycles. The summed E-state index contributed by atoms with van der Waals surface area (Å²) in [4.78, 5) is 11.7. The molecule has 2 rings (SSSR count). The highest BCUT2D eigenvalue weighted by Crippen LogP contribution is 2.57. The number of hydrogen-bond donors (Lipinski definition) is 0. The minimum atomic E-state index is 0.202. The molecule has 0 aromatic rings. The first kappa shape index (κ1) is 10.2. The Morgan fingerprint density at radius 1 is 1.36 bits per heavy atom. The number of hydrogen-bond acceptors (Lipinski definition) is 1. The van der Waals surface area contributed by atoms with Crippen molar-refractivity contribution in [3.63, 3.8) is 0 Å². The lowest BCUT2D eigenvalue weighted by Gasteiger charge is -2.43. The van der Waals surface area contributed by atoms with E-state index in [2.05, 4.69) is 6.92 Å². The number of carbonyl (C=O) groups excluding carboxylic acids is 1. The molecule has 2 aliphatic carbocycles. The second-order valence-corrected chi connectivity index (χ2v) is 5.18. The SMILES string of the molecule is CCCCCC[C@@]12CCC[C@@H]1CC2=O. The van der Waals surface area contributed by atoms with E-state index in [-0.39, 0.29) is 5.41 Å². The molecule has 14 heavy (non-hydrogen) atoms. The molecule has 2 saturated carbocycles. The number of unbranched alkanes of at least 4 members (excludes halogenated alkanes) is 3. The van der Waals surface area contributed by atoms with Gasteiger partial charge in [-0.2, -0.15) is 0 Å². The van der Waals surface area contributed by atoms with Crippen LogP contribution in [0.1, 0.15) is 64.7 Å². The first-order chi connectivity index (χ1) is 6.79. The molecule has 0 unspecified atom stereocenters. The summed E-state index contributed by atoms with van der Waals surface area (Å²) in [6.07, 6.45) is 11.2. The first-order valence-corrected chi connectivity index (χ1v) is 6.33. The summed E-state index contributed by atoms with van der Waals surface area (Å²) in [6, 6.07) is 0. The van der Waals surface area contributed by atoms with Crippen LogP contribution in [-0.2, 0) is 4.79 Å². The maximum Gasteiger partial charge on any atom is 0.139 e. The predicted molar refractivity (Wildman–Crippen MR) is 58.2 cm³/mol. The number of ketones is 1. The Hall–Kier alpha value is -0.330. The molecular formula is C13H22O. The van der Waals surface area contributed by atoms with Gasteiger partial charge in [0.15, 0.2) is 0 Å². The van der Waals surface area contributed by atoms with Gasteiger partial charge in [-0.3, -0.25) is 4.79 Å². The molecule has 2 fully saturated rings. The topological polar surface area (TPSA) is 17.1 Å². The maximum absolute atomic E-state index is 11.7. The molecular weight excluding hydrogens is 172 g/mol. The van der Waals surface area contributed by atoms with Crippen LogP contribution in [-0.4, -0.2) is 5.78 Å². The van der Waals surface area contributed by atoms with Gasteiger partial charge < -0.3 is 0 Å². The minimum Gasteiger partial charge on any atom is -0.299 e. The number of carbonyl (C=O) groups is 1. The van der Waals surface area contributed by atoms with Gasteiger partial charge in [-0.15, -0.1) is 0 Å². The van der Waals surface area contributed by atoms with E-state index in [1.165, 1.54) is 51.4 Å². The minimum absolute atomic E-state index is 0.202. The Bertz CT molecular complexity index is 221. The van der Waals surface area contributed by atoms with Crippen LogP contribution < -0.4 is 0 Å². The van der Waals surface area contributed by atoms with Gasteiger partial charge in [0.1, 0.15) is 5.78 Å². The zero-order chi connectivity index (χ0) is 10.0. The third-order valence-electron chi connectivity index (χ3n) is 4.42. The molecule has 80 valence electrons. The molecule has 0 aromatic carbocycles. The summed E-state index contributed by atoms with van der Waals surface area (Å²) in [5.74, 6) is 1.38. The van der Waals surface area contributed by atoms with Crippen LogP contribution in [0, 0.1) is 11.3 Å². The maximum atomic E-state index is 11.7. The third kappa shape index (κ3) is 1.51. The molecule has 0 radical (unpaired) electrons. The first-order valence-electron chi connectivity index (χ1n) is 6.33. The van der Waals surface area contributed by atoms with E-state index in [1.54, 1.807) is 0 Å². The molecule has 2 atom stereocenters. The van der Waals surface area contributed by atoms with Gasteiger partial charge in [0.2, 0.25) is 0 Å². The molecule has 0 aliphatic heterocycles. The molecule has 0 bridgehead atoms. The lowest BCUT2D eigenvalue weighted by molar-refractivity contribution is -0.144. The fraction of sp³-hybridized carbons (Fsp3) is 0.923. The number of fused-ring (bicyclic) bond motifs is 1. The zero-order valence-electron chi connectivity index (χ0n) is 9.35. The van der Waals surface area contributed by atoms with Crippen molar-refractivity contribution in [3.05, 3.63) is 0 Å². The Labute approximate surface area is 87.3 Å². The van der Waals surface area contributed by atoms with E-state index in [1.807, 2.05) is 0 Å². The van der Waals surface area contributed by atoms with Gasteiger partial charge in [-0.1, -0.05) is 39.0 Å². The second-order valence-electron chi connectivity index (χ2n) is 5.18. The van der Waals surface area contributed by atoms with Gasteiger partial charge in [-0.25, -0.2) is 0 Å². The Balaban J connectivity index is 1.80. The fourth-order valence-corrected chi connectivity index (χ4v) is 3.44. The molecule has 2 aliphatic rings. The van der Waals surface area contributed by atoms with Crippen LogP contribution in [0.3, 0.4) is 0 Å². The van der Waals surface area contributed by atoms with Crippen LogP contribution in [0.25, 0.3) is 0 Å². The van der Waals surface area contributed by atoms with Crippen LogP contribution in [0.15, 0.2) is 0 Å². The lowest BCUT2D eigenvalue weighted by Crippen LogP contribution is -2.46. The van der Waals surface area contributed by atoms with Crippen molar-refractivity contribution >= 4 is 5.78 Å². The summed E-state index contributed by atoms with van der Waals surface area (Å²) < 4.78 is 0. The van der Waals surface area contributed by atoms with Gasteiger partial charge in [0, 0.05) is 11.8 Å². The highest BCUT2D eigenvalue weighted by molar-refractivity contribution is 5.91. The molecule has 1 heteroatoms. The third-order valence-corrected chi connectivity index (χ3v) is 4.42. The zero-order valence-corrected chi connectivity index (χ0v) is 9.35. The smallest absolute Gasteiger partial charge is 0.139 e. The highest BCUT2D eigenvalue weighted by Gasteiger charge is 2.55. The summed E-state index contributed by atoms with van der Waals surface area (Å²) in [5, 5.41) is 0. The molecule has 0 aromatic heterocycles. The number of rotatable bonds is 5. The van der Waals surface area contributed by atoms with Gasteiger partial charge in [0.25, 0.3) is 0 Å². The van der Waals surface area contributed by atoms with Crippen molar-refractivity contribution in [3.8, 4) is 0 Å². The lowest BCUT2D eigenvalue weighted by atomic mass is 9.58. The molecule has 0 heterocycles. The van der Waals surface area contributed by atoms with Crippen molar-refractivity contribution < 1.29 is 4.79 Å². The second kappa shape index (κ2) is 4.04. The summed E-state index contributed by atoms with van der Waals surface area (Å²) in [7, 11) is 0. The van der Waals surface area contributed by atoms with Crippen LogP contribution in [0.4, 0.5) is 0 Å². The summed E-state index contributed by atoms with van der Waals surface area (Å²) in [5.41, 5.74) is 0.202. The van der Waals surface area contributed by atoms with Crippen molar-refractivity contribution in [2.75, 3.05) is 0 Å². The average Bonchev–Trinajstić information content (AvgIpc) is 2.51. The number of Topliss-reactive ketones (excluding diaryl/α,β-unsaturated/α-hetero) is 1. The highest BCUT2D eigenvalue weighted by atomic mass is 16.1. The van der Waals surface area contributed by atoms with Crippen LogP contribution >= 0.6 is 0 Å². The van der Waals surface area contributed by atoms with E-state index in [9.17, 15) is 4.79 Å². The van der Waals surface area contributed by atoms with E-state index >= 15 is 0 Å². The molecule has 0 N–H and O–H groups in total. The Morgan fingerprint density at radius 2 is 2.21 bits per heavy atom. The van der Waals surface area contributed by atoms with E-state index < -0.39 is 0 Å². The average molecular weight is 194 g/mol. The Kier molecular flexibility index (Phi) is 2.94. The Morgan fingerprint density at radius 3 is 2.86 bits per heavy atom. The van der Waals surface area contributed by atoms with E-state index in [0.29, 0.717) is 5.78 Å². The van der Waals surface area contributed by atoms with Crippen LogP contribution in [0.2, 0.25) is 0 Å². The van der Waals surface area contributed by atoms with Gasteiger partial charge >= 0.3 is 0 Å². The largest absolute Gasteiger partial charge is 0.299 e. The van der Waals surface area contributed by atoms with Gasteiger partial charge in [-0.05, 0) is 25.2 Å². The quantitative estimate of drug-likeness (QED) is 0.610. The molecule has 0 spiro atoms. The molecule has 0 amide bonds. The standard InChI is InChI=1S/C13H22O/c1-2-3-4-5-8-13-9-6-7-11(13)10-12(13)14/h11H,2-10H2,1H3/t11-,13-/m1/s1. The van der Waals surface area contributed by atoms with Crippen molar-refractivity contribution in [1.82, 2.24) is 0 Å². The molecule has 1 nitrogen and oxygen atoms in total. The monoisotopic (exact) mass is 194 g/mol. The van der Waals surface area contributed by atoms with Crippen molar-refractivity contribution in [2.24, 2.45) is 11.3 Å². The van der Waals surface area contributed by atoms with E-state index in [0.717, 1.165) is 12.3 Å². The van der Waals surface area contributed by atoms with E-state index in [4.69, 9.17) is 0 Å².